The van der Waals surface area contributed by atoms with Crippen LogP contribution in [0.1, 0.15) is 36.2 Å². The molecule has 41 heavy (non-hydrogen) atoms. The first-order valence-corrected chi connectivity index (χ1v) is 14.3. The monoisotopic (exact) mass is 535 g/mol. The van der Waals surface area contributed by atoms with Crippen molar-refractivity contribution in [3.8, 4) is 28.2 Å². The summed E-state index contributed by atoms with van der Waals surface area (Å²) >= 11 is 0. The molecule has 3 heterocycles. The molecule has 0 saturated carbocycles. The van der Waals surface area contributed by atoms with Crippen LogP contribution in [0.15, 0.2) is 95.4 Å². The minimum absolute atomic E-state index is 0.531. The Morgan fingerprint density at radius 2 is 1.51 bits per heavy atom. The highest BCUT2D eigenvalue weighted by Crippen LogP contribution is 2.39. The highest BCUT2D eigenvalue weighted by molar-refractivity contribution is 6.08. The van der Waals surface area contributed by atoms with Gasteiger partial charge in [0, 0.05) is 16.5 Å². The molecule has 202 valence electrons. The molecule has 0 fully saturated rings. The summed E-state index contributed by atoms with van der Waals surface area (Å²) in [6.07, 6.45) is 0.923. The van der Waals surface area contributed by atoms with Crippen molar-refractivity contribution >= 4 is 33.1 Å². The average Bonchev–Trinajstić information content (AvgIpc) is 3.50. The smallest absolute Gasteiger partial charge is 0.227 e. The topological polar surface area (TPSA) is 43.9 Å². The fourth-order valence-electron chi connectivity index (χ4n) is 6.13. The Balaban J connectivity index is 1.49. The zero-order chi connectivity index (χ0) is 28.2. The molecule has 3 aromatic heterocycles. The van der Waals surface area contributed by atoms with Gasteiger partial charge in [-0.1, -0.05) is 62.4 Å². The molecule has 7 aromatic rings. The number of imidazole rings is 1. The molecular formula is C37H33N3O. The van der Waals surface area contributed by atoms with E-state index in [1.165, 1.54) is 27.8 Å². The summed E-state index contributed by atoms with van der Waals surface area (Å²) < 4.78 is 8.86. The number of rotatable bonds is 5. The van der Waals surface area contributed by atoms with Gasteiger partial charge in [-0.15, -0.1) is 0 Å². The van der Waals surface area contributed by atoms with Gasteiger partial charge in [-0.05, 0) is 103 Å². The highest BCUT2D eigenvalue weighted by atomic mass is 16.3. The number of hydrogen-bond donors (Lipinski definition) is 0. The van der Waals surface area contributed by atoms with Crippen LogP contribution in [0.4, 0.5) is 0 Å². The summed E-state index contributed by atoms with van der Waals surface area (Å²) in [6, 6.07) is 32.3. The number of hydrogen-bond acceptors (Lipinski definition) is 3. The number of fused-ring (bicyclic) bond motifs is 4. The molecule has 0 unspecified atom stereocenters. The van der Waals surface area contributed by atoms with Crippen LogP contribution < -0.4 is 0 Å². The quantitative estimate of drug-likeness (QED) is 0.220. The molecule has 0 spiro atoms. The second-order valence-electron chi connectivity index (χ2n) is 11.6. The summed E-state index contributed by atoms with van der Waals surface area (Å²) in [4.78, 5) is 10.1. The van der Waals surface area contributed by atoms with E-state index >= 15 is 0 Å². The van der Waals surface area contributed by atoms with Gasteiger partial charge in [0.2, 0.25) is 5.71 Å². The minimum Gasteiger partial charge on any atom is -0.437 e. The first-order chi connectivity index (χ1) is 19.9. The van der Waals surface area contributed by atoms with E-state index in [-0.39, 0.29) is 0 Å². The number of pyridine rings is 1. The lowest BCUT2D eigenvalue weighted by atomic mass is 9.98. The van der Waals surface area contributed by atoms with Crippen LogP contribution in [0.5, 0.6) is 0 Å². The summed E-state index contributed by atoms with van der Waals surface area (Å²) in [7, 11) is 0. The molecule has 0 bridgehead atoms. The van der Waals surface area contributed by atoms with Crippen LogP contribution in [-0.2, 0) is 6.42 Å². The van der Waals surface area contributed by atoms with E-state index < -0.39 is 0 Å². The van der Waals surface area contributed by atoms with Crippen LogP contribution in [0.2, 0.25) is 0 Å². The summed E-state index contributed by atoms with van der Waals surface area (Å²) in [5, 5.41) is 2.09. The third-order valence-electron chi connectivity index (χ3n) is 7.91. The number of aryl methyl sites for hydroxylation is 3. The lowest BCUT2D eigenvalue weighted by Gasteiger charge is -2.17. The third-order valence-corrected chi connectivity index (χ3v) is 7.91. The summed E-state index contributed by atoms with van der Waals surface area (Å²) in [5.74, 6) is 1.40. The van der Waals surface area contributed by atoms with Gasteiger partial charge in [-0.2, -0.15) is 0 Å². The molecular weight excluding hydrogens is 502 g/mol. The minimum atomic E-state index is 0.531. The predicted octanol–water partition coefficient (Wildman–Crippen LogP) is 9.78. The van der Waals surface area contributed by atoms with Crippen molar-refractivity contribution in [3.63, 3.8) is 0 Å². The second-order valence-corrected chi connectivity index (χ2v) is 11.6. The van der Waals surface area contributed by atoms with Gasteiger partial charge < -0.3 is 4.42 Å². The Kier molecular flexibility index (Phi) is 6.01. The molecule has 0 aliphatic carbocycles. The molecule has 0 atom stereocenters. The number of nitrogens with zero attached hydrogens (tertiary/aromatic N) is 3. The van der Waals surface area contributed by atoms with E-state index in [2.05, 4.69) is 130 Å². The van der Waals surface area contributed by atoms with Crippen LogP contribution in [0, 0.1) is 26.7 Å². The molecule has 0 aliphatic rings. The van der Waals surface area contributed by atoms with Crippen molar-refractivity contribution < 1.29 is 4.42 Å². The van der Waals surface area contributed by atoms with Gasteiger partial charge in [0.05, 0.1) is 22.3 Å². The lowest BCUT2D eigenvalue weighted by molar-refractivity contribution is 0.621. The van der Waals surface area contributed by atoms with E-state index in [1.807, 2.05) is 0 Å². The van der Waals surface area contributed by atoms with Crippen molar-refractivity contribution in [3.05, 3.63) is 113 Å². The van der Waals surface area contributed by atoms with E-state index in [4.69, 9.17) is 14.4 Å². The largest absolute Gasteiger partial charge is 0.437 e. The van der Waals surface area contributed by atoms with Crippen LogP contribution >= 0.6 is 0 Å². The maximum Gasteiger partial charge on any atom is 0.227 e. The fourth-order valence-corrected chi connectivity index (χ4v) is 6.13. The molecule has 0 radical (unpaired) electrons. The Morgan fingerprint density at radius 1 is 0.732 bits per heavy atom. The predicted molar refractivity (Wildman–Crippen MR) is 170 cm³/mol. The molecule has 0 aliphatic heterocycles. The maximum absolute atomic E-state index is 6.54. The van der Waals surface area contributed by atoms with Crippen molar-refractivity contribution in [2.75, 3.05) is 0 Å². The average molecular weight is 536 g/mol. The Labute approximate surface area is 240 Å². The molecule has 4 heteroatoms. The van der Waals surface area contributed by atoms with Crippen molar-refractivity contribution in [1.82, 2.24) is 14.5 Å². The number of aromatic nitrogens is 3. The van der Waals surface area contributed by atoms with Gasteiger partial charge >= 0.3 is 0 Å². The van der Waals surface area contributed by atoms with E-state index in [0.717, 1.165) is 56.6 Å². The standard InChI is InChI=1S/C37H33N3O/c1-22(2)18-28-15-16-30-29-12-9-13-31(35(29)41-37(30)38-28)36-39-32-19-23(3)14-17-33(32)40(36)34-24(4)20-27(21-25(34)5)26-10-7-6-8-11-26/h6-17,19-22H,18H2,1-5H3. The Hall–Kier alpha value is -4.70. The van der Waals surface area contributed by atoms with Crippen LogP contribution in [0.3, 0.4) is 0 Å². The van der Waals surface area contributed by atoms with E-state index in [9.17, 15) is 0 Å². The zero-order valence-corrected chi connectivity index (χ0v) is 24.2. The Morgan fingerprint density at radius 3 is 2.27 bits per heavy atom. The van der Waals surface area contributed by atoms with Crippen molar-refractivity contribution in [1.29, 1.82) is 0 Å². The molecule has 4 aromatic carbocycles. The second kappa shape index (κ2) is 9.74. The summed E-state index contributed by atoms with van der Waals surface area (Å²) in [5.41, 5.74) is 12.7. The molecule has 4 nitrogen and oxygen atoms in total. The van der Waals surface area contributed by atoms with E-state index in [1.54, 1.807) is 0 Å². The highest BCUT2D eigenvalue weighted by Gasteiger charge is 2.22. The molecule has 0 N–H and O–H groups in total. The van der Waals surface area contributed by atoms with Gasteiger partial charge in [-0.3, -0.25) is 4.57 Å². The van der Waals surface area contributed by atoms with E-state index in [0.29, 0.717) is 11.6 Å². The van der Waals surface area contributed by atoms with Crippen LogP contribution in [-0.4, -0.2) is 14.5 Å². The SMILES string of the molecule is Cc1ccc2c(c1)nc(-c1cccc3c1oc1nc(CC(C)C)ccc13)n2-c1c(C)cc(-c2ccccc2)cc1C. The van der Waals surface area contributed by atoms with Gasteiger partial charge in [0.25, 0.3) is 0 Å². The van der Waals surface area contributed by atoms with Gasteiger partial charge in [0.15, 0.2) is 0 Å². The fraction of sp³-hybridized carbons (Fsp3) is 0.189. The zero-order valence-electron chi connectivity index (χ0n) is 24.2. The van der Waals surface area contributed by atoms with Crippen molar-refractivity contribution in [2.24, 2.45) is 5.92 Å². The summed E-state index contributed by atoms with van der Waals surface area (Å²) in [6.45, 7) is 10.9. The lowest BCUT2D eigenvalue weighted by Crippen LogP contribution is -2.03. The number of furan rings is 1. The molecule has 0 saturated heterocycles. The van der Waals surface area contributed by atoms with Gasteiger partial charge in [-0.25, -0.2) is 9.97 Å². The van der Waals surface area contributed by atoms with Crippen molar-refractivity contribution in [2.45, 2.75) is 41.0 Å². The molecule has 0 amide bonds. The normalized spacial score (nSPS) is 11.9. The first-order valence-electron chi connectivity index (χ1n) is 14.3. The van der Waals surface area contributed by atoms with Gasteiger partial charge in [0.1, 0.15) is 11.4 Å². The number of benzene rings is 4. The third kappa shape index (κ3) is 4.31. The van der Waals surface area contributed by atoms with Crippen LogP contribution in [0.25, 0.3) is 61.3 Å². The number of para-hydroxylation sites is 1. The first kappa shape index (κ1) is 25.3. The Bertz CT molecular complexity index is 2060. The molecule has 7 rings (SSSR count). The maximum atomic E-state index is 6.54.